The standard InChI is InChI=1S/C29H55NO3/c1-3-5-7-9-11-13-14-15-17-18-20-22-24-28(32)27(26-31)30-29(33)25-23-21-19-16-12-10-8-6-4-2/h16,19,22,24,27-28,31-32H,3-15,17-18,20-21,23,25-26H2,1-2H3,(H,30,33)/b19-16-,24-22+. The zero-order chi connectivity index (χ0) is 24.4. The van der Waals surface area contributed by atoms with Crippen molar-refractivity contribution in [1.82, 2.24) is 5.32 Å². The van der Waals surface area contributed by atoms with Gasteiger partial charge in [-0.25, -0.2) is 0 Å². The molecule has 0 saturated carbocycles. The van der Waals surface area contributed by atoms with Crippen LogP contribution < -0.4 is 5.32 Å². The fourth-order valence-corrected chi connectivity index (χ4v) is 3.94. The molecule has 4 nitrogen and oxygen atoms in total. The second kappa shape index (κ2) is 25.5. The topological polar surface area (TPSA) is 69.6 Å². The monoisotopic (exact) mass is 465 g/mol. The number of aliphatic hydroxyl groups is 2. The van der Waals surface area contributed by atoms with Crippen molar-refractivity contribution in [3.8, 4) is 0 Å². The van der Waals surface area contributed by atoms with Crippen LogP contribution in [0.25, 0.3) is 0 Å². The van der Waals surface area contributed by atoms with Gasteiger partial charge in [0.1, 0.15) is 0 Å². The molecule has 0 rings (SSSR count). The normalized spacial score (nSPS) is 13.7. The van der Waals surface area contributed by atoms with Gasteiger partial charge in [-0.1, -0.05) is 115 Å². The number of nitrogens with one attached hydrogen (secondary N) is 1. The van der Waals surface area contributed by atoms with Crippen molar-refractivity contribution in [2.75, 3.05) is 6.61 Å². The number of carbonyl (C=O) groups is 1. The molecule has 1 amide bonds. The first kappa shape index (κ1) is 31.9. The van der Waals surface area contributed by atoms with Crippen LogP contribution in [0.4, 0.5) is 0 Å². The van der Waals surface area contributed by atoms with Gasteiger partial charge in [0.2, 0.25) is 5.91 Å². The molecule has 0 aliphatic rings. The van der Waals surface area contributed by atoms with Gasteiger partial charge in [-0.2, -0.15) is 0 Å². The largest absolute Gasteiger partial charge is 0.394 e. The molecule has 194 valence electrons. The van der Waals surface area contributed by atoms with Gasteiger partial charge in [0.05, 0.1) is 18.8 Å². The van der Waals surface area contributed by atoms with Crippen LogP contribution in [0.5, 0.6) is 0 Å². The molecule has 0 radical (unpaired) electrons. The number of carbonyl (C=O) groups excluding carboxylic acids is 1. The fraction of sp³-hybridized carbons (Fsp3) is 0.828. The summed E-state index contributed by atoms with van der Waals surface area (Å²) < 4.78 is 0. The van der Waals surface area contributed by atoms with Gasteiger partial charge in [0, 0.05) is 6.42 Å². The summed E-state index contributed by atoms with van der Waals surface area (Å²) in [6.07, 6.45) is 29.6. The van der Waals surface area contributed by atoms with E-state index in [0.717, 1.165) is 32.1 Å². The fourth-order valence-electron chi connectivity index (χ4n) is 3.94. The molecule has 0 bridgehead atoms. The van der Waals surface area contributed by atoms with E-state index in [2.05, 4.69) is 31.3 Å². The van der Waals surface area contributed by atoms with E-state index in [0.29, 0.717) is 6.42 Å². The average molecular weight is 466 g/mol. The lowest BCUT2D eigenvalue weighted by Crippen LogP contribution is -2.45. The Balaban J connectivity index is 3.77. The molecule has 0 saturated heterocycles. The summed E-state index contributed by atoms with van der Waals surface area (Å²) >= 11 is 0. The highest BCUT2D eigenvalue weighted by atomic mass is 16.3. The first-order chi connectivity index (χ1) is 16.2. The Morgan fingerprint density at radius 2 is 1.15 bits per heavy atom. The molecule has 0 aliphatic heterocycles. The summed E-state index contributed by atoms with van der Waals surface area (Å²) in [7, 11) is 0. The van der Waals surface area contributed by atoms with Crippen LogP contribution in [0.2, 0.25) is 0 Å². The lowest BCUT2D eigenvalue weighted by molar-refractivity contribution is -0.122. The van der Waals surface area contributed by atoms with E-state index >= 15 is 0 Å². The zero-order valence-corrected chi connectivity index (χ0v) is 21.9. The van der Waals surface area contributed by atoms with Crippen LogP contribution in [-0.2, 0) is 4.79 Å². The zero-order valence-electron chi connectivity index (χ0n) is 21.9. The highest BCUT2D eigenvalue weighted by Gasteiger charge is 2.17. The predicted octanol–water partition coefficient (Wildman–Crippen LogP) is 7.39. The van der Waals surface area contributed by atoms with E-state index in [-0.39, 0.29) is 12.5 Å². The molecule has 0 aromatic heterocycles. The van der Waals surface area contributed by atoms with Crippen molar-refractivity contribution < 1.29 is 15.0 Å². The molecule has 2 atom stereocenters. The Bertz CT molecular complexity index is 475. The van der Waals surface area contributed by atoms with Gasteiger partial charge >= 0.3 is 0 Å². The summed E-state index contributed by atoms with van der Waals surface area (Å²) in [5, 5.41) is 22.6. The third-order valence-corrected chi connectivity index (χ3v) is 6.18. The van der Waals surface area contributed by atoms with E-state index in [1.807, 2.05) is 6.08 Å². The lowest BCUT2D eigenvalue weighted by Gasteiger charge is -2.19. The quantitative estimate of drug-likeness (QED) is 0.103. The maximum absolute atomic E-state index is 12.1. The Morgan fingerprint density at radius 3 is 1.70 bits per heavy atom. The number of aliphatic hydroxyl groups excluding tert-OH is 2. The van der Waals surface area contributed by atoms with Gasteiger partial charge in [-0.15, -0.1) is 0 Å². The Morgan fingerprint density at radius 1 is 0.697 bits per heavy atom. The summed E-state index contributed by atoms with van der Waals surface area (Å²) in [5.74, 6) is -0.104. The summed E-state index contributed by atoms with van der Waals surface area (Å²) in [6.45, 7) is 4.22. The minimum Gasteiger partial charge on any atom is -0.394 e. The van der Waals surface area contributed by atoms with Crippen LogP contribution >= 0.6 is 0 Å². The molecule has 0 aromatic carbocycles. The predicted molar refractivity (Wildman–Crippen MR) is 142 cm³/mol. The third-order valence-electron chi connectivity index (χ3n) is 6.18. The van der Waals surface area contributed by atoms with E-state index < -0.39 is 12.1 Å². The lowest BCUT2D eigenvalue weighted by atomic mass is 10.1. The van der Waals surface area contributed by atoms with Crippen LogP contribution in [0.1, 0.15) is 136 Å². The first-order valence-corrected chi connectivity index (χ1v) is 14.1. The maximum atomic E-state index is 12.1. The third kappa shape index (κ3) is 22.4. The Labute approximate surface area is 205 Å². The van der Waals surface area contributed by atoms with E-state index in [4.69, 9.17) is 0 Å². The van der Waals surface area contributed by atoms with Crippen LogP contribution in [0, 0.1) is 0 Å². The van der Waals surface area contributed by atoms with Crippen LogP contribution in [0.15, 0.2) is 24.3 Å². The van der Waals surface area contributed by atoms with Gasteiger partial charge in [0.25, 0.3) is 0 Å². The first-order valence-electron chi connectivity index (χ1n) is 14.1. The minimum absolute atomic E-state index is 0.104. The van der Waals surface area contributed by atoms with Crippen molar-refractivity contribution in [2.24, 2.45) is 0 Å². The molecule has 0 spiro atoms. The molecule has 0 fully saturated rings. The van der Waals surface area contributed by atoms with Crippen molar-refractivity contribution in [3.05, 3.63) is 24.3 Å². The number of rotatable bonds is 24. The Kier molecular flexibility index (Phi) is 24.6. The number of allylic oxidation sites excluding steroid dienone is 3. The highest BCUT2D eigenvalue weighted by Crippen LogP contribution is 2.12. The molecule has 2 unspecified atom stereocenters. The van der Waals surface area contributed by atoms with Gasteiger partial charge < -0.3 is 15.5 Å². The highest BCUT2D eigenvalue weighted by molar-refractivity contribution is 5.76. The van der Waals surface area contributed by atoms with E-state index in [9.17, 15) is 15.0 Å². The summed E-state index contributed by atoms with van der Waals surface area (Å²) in [6, 6.07) is -0.629. The molecule has 3 N–H and O–H groups in total. The molecule has 0 aromatic rings. The Hall–Kier alpha value is -1.13. The van der Waals surface area contributed by atoms with Gasteiger partial charge in [-0.05, 0) is 38.5 Å². The number of unbranched alkanes of at least 4 members (excludes halogenated alkanes) is 15. The molecular formula is C29H55NO3. The summed E-state index contributed by atoms with van der Waals surface area (Å²) in [4.78, 5) is 12.1. The van der Waals surface area contributed by atoms with Crippen LogP contribution in [0.3, 0.4) is 0 Å². The van der Waals surface area contributed by atoms with E-state index in [1.54, 1.807) is 6.08 Å². The second-order valence-electron chi connectivity index (χ2n) is 9.46. The smallest absolute Gasteiger partial charge is 0.220 e. The minimum atomic E-state index is -0.843. The van der Waals surface area contributed by atoms with Crippen molar-refractivity contribution in [1.29, 1.82) is 0 Å². The van der Waals surface area contributed by atoms with Gasteiger partial charge in [-0.3, -0.25) is 4.79 Å². The van der Waals surface area contributed by atoms with Crippen molar-refractivity contribution in [3.63, 3.8) is 0 Å². The molecule has 33 heavy (non-hydrogen) atoms. The number of hydrogen-bond donors (Lipinski definition) is 3. The number of hydrogen-bond acceptors (Lipinski definition) is 3. The SMILES string of the molecule is CCCCCC/C=C\CCCC(=O)NC(CO)C(O)/C=C/CCCCCCCCCCCC. The second-order valence-corrected chi connectivity index (χ2v) is 9.46. The molecule has 0 aliphatic carbocycles. The van der Waals surface area contributed by atoms with E-state index in [1.165, 1.54) is 83.5 Å². The van der Waals surface area contributed by atoms with Gasteiger partial charge in [0.15, 0.2) is 0 Å². The van der Waals surface area contributed by atoms with Crippen molar-refractivity contribution >= 4 is 5.91 Å². The maximum Gasteiger partial charge on any atom is 0.220 e. The van der Waals surface area contributed by atoms with Crippen LogP contribution in [-0.4, -0.2) is 34.9 Å². The molecule has 4 heteroatoms. The van der Waals surface area contributed by atoms with Crippen molar-refractivity contribution in [2.45, 2.75) is 148 Å². The number of amides is 1. The molecular weight excluding hydrogens is 410 g/mol. The summed E-state index contributed by atoms with van der Waals surface area (Å²) in [5.41, 5.74) is 0. The average Bonchev–Trinajstić information content (AvgIpc) is 2.82. The molecule has 0 heterocycles.